The van der Waals surface area contributed by atoms with Crippen molar-refractivity contribution in [3.8, 4) is 0 Å². The van der Waals surface area contributed by atoms with Crippen LogP contribution >= 0.6 is 11.5 Å². The van der Waals surface area contributed by atoms with E-state index in [1.807, 2.05) is 13.0 Å². The zero-order chi connectivity index (χ0) is 8.27. The Morgan fingerprint density at radius 1 is 1.82 bits per heavy atom. The largest absolute Gasteiger partial charge is 0.313 e. The van der Waals surface area contributed by atoms with E-state index in [9.17, 15) is 4.79 Å². The molecule has 4 heteroatoms. The number of carbonyl (C=O) groups excluding carboxylic acids is 1. The van der Waals surface area contributed by atoms with Gasteiger partial charge in [0.25, 0.3) is 0 Å². The van der Waals surface area contributed by atoms with Crippen molar-refractivity contribution in [2.24, 2.45) is 0 Å². The normalized spacial score (nSPS) is 10.0. The molecular weight excluding hydrogens is 160 g/mol. The number of nitrogens with zero attached hydrogens (tertiary/aromatic N) is 1. The number of Topliss-reactive ketones (excluding diaryl/α,β-unsaturated/α-hetero) is 1. The fourth-order valence-corrected chi connectivity index (χ4v) is 1.43. The molecule has 1 aromatic rings. The first kappa shape index (κ1) is 8.36. The highest BCUT2D eigenvalue weighted by Crippen LogP contribution is 2.08. The number of aromatic nitrogens is 1. The van der Waals surface area contributed by atoms with Gasteiger partial charge in [-0.2, -0.15) is 4.37 Å². The van der Waals surface area contributed by atoms with Crippen LogP contribution < -0.4 is 5.32 Å². The first-order valence-electron chi connectivity index (χ1n) is 3.35. The minimum absolute atomic E-state index is 0.109. The summed E-state index contributed by atoms with van der Waals surface area (Å²) in [6, 6.07) is 1.81. The van der Waals surface area contributed by atoms with E-state index in [0.717, 1.165) is 10.6 Å². The SMILES string of the molecule is CNCC(=O)c1cc(C)ns1. The Bertz CT molecular complexity index is 257. The number of carbonyl (C=O) groups is 1. The molecule has 1 N–H and O–H groups in total. The second-order valence-corrected chi connectivity index (χ2v) is 3.09. The molecule has 0 aromatic carbocycles. The van der Waals surface area contributed by atoms with Gasteiger partial charge < -0.3 is 5.32 Å². The van der Waals surface area contributed by atoms with Gasteiger partial charge in [0, 0.05) is 0 Å². The molecule has 1 heterocycles. The molecule has 0 saturated heterocycles. The zero-order valence-electron chi connectivity index (χ0n) is 6.55. The lowest BCUT2D eigenvalue weighted by Gasteiger charge is -1.92. The maximum atomic E-state index is 11.2. The van der Waals surface area contributed by atoms with Gasteiger partial charge in [0.15, 0.2) is 5.78 Å². The van der Waals surface area contributed by atoms with Gasteiger partial charge in [-0.1, -0.05) is 0 Å². The van der Waals surface area contributed by atoms with Crippen LogP contribution in [0.3, 0.4) is 0 Å². The van der Waals surface area contributed by atoms with Crippen LogP contribution in [-0.2, 0) is 0 Å². The Hall–Kier alpha value is -0.740. The average molecular weight is 170 g/mol. The maximum Gasteiger partial charge on any atom is 0.188 e. The molecule has 0 radical (unpaired) electrons. The number of aryl methyl sites for hydroxylation is 1. The van der Waals surface area contributed by atoms with Crippen LogP contribution in [0.5, 0.6) is 0 Å². The summed E-state index contributed by atoms with van der Waals surface area (Å²) in [6.45, 7) is 2.27. The van der Waals surface area contributed by atoms with Crippen LogP contribution in [0.1, 0.15) is 15.4 Å². The number of ketones is 1. The number of rotatable bonds is 3. The molecule has 1 rings (SSSR count). The Labute approximate surface area is 69.6 Å². The van der Waals surface area contributed by atoms with Crippen molar-refractivity contribution in [1.82, 2.24) is 9.69 Å². The third-order valence-corrected chi connectivity index (χ3v) is 2.16. The summed E-state index contributed by atoms with van der Waals surface area (Å²) in [7, 11) is 1.76. The van der Waals surface area contributed by atoms with E-state index in [1.54, 1.807) is 7.05 Å². The third kappa shape index (κ3) is 2.10. The van der Waals surface area contributed by atoms with Crippen molar-refractivity contribution < 1.29 is 4.79 Å². The molecule has 0 aliphatic rings. The monoisotopic (exact) mass is 170 g/mol. The van der Waals surface area contributed by atoms with Crippen LogP contribution in [0.2, 0.25) is 0 Å². The summed E-state index contributed by atoms with van der Waals surface area (Å²) in [5.74, 6) is 0.109. The molecule has 0 spiro atoms. The summed E-state index contributed by atoms with van der Waals surface area (Å²) in [4.78, 5) is 11.9. The van der Waals surface area contributed by atoms with E-state index in [2.05, 4.69) is 9.69 Å². The summed E-state index contributed by atoms with van der Waals surface area (Å²) in [6.07, 6.45) is 0. The van der Waals surface area contributed by atoms with Gasteiger partial charge >= 0.3 is 0 Å². The molecular formula is C7H10N2OS. The fraction of sp³-hybridized carbons (Fsp3) is 0.429. The molecule has 0 aliphatic carbocycles. The molecule has 0 unspecified atom stereocenters. The molecule has 11 heavy (non-hydrogen) atoms. The summed E-state index contributed by atoms with van der Waals surface area (Å²) in [5, 5.41) is 2.80. The summed E-state index contributed by atoms with van der Waals surface area (Å²) in [5.41, 5.74) is 0.912. The lowest BCUT2D eigenvalue weighted by molar-refractivity contribution is 0.0997. The molecule has 0 amide bonds. The maximum absolute atomic E-state index is 11.2. The van der Waals surface area contributed by atoms with E-state index in [0.29, 0.717) is 6.54 Å². The number of hydrogen-bond acceptors (Lipinski definition) is 4. The van der Waals surface area contributed by atoms with Crippen LogP contribution in [0.4, 0.5) is 0 Å². The average Bonchev–Trinajstić information content (AvgIpc) is 2.36. The van der Waals surface area contributed by atoms with Crippen molar-refractivity contribution in [3.63, 3.8) is 0 Å². The van der Waals surface area contributed by atoms with Gasteiger partial charge in [0.05, 0.1) is 17.1 Å². The van der Waals surface area contributed by atoms with Gasteiger partial charge in [-0.15, -0.1) is 0 Å². The second-order valence-electron chi connectivity index (χ2n) is 2.29. The molecule has 0 fully saturated rings. The molecule has 0 bridgehead atoms. The van der Waals surface area contributed by atoms with Crippen LogP contribution in [0, 0.1) is 6.92 Å². The predicted octanol–water partition coefficient (Wildman–Crippen LogP) is 0.854. The lowest BCUT2D eigenvalue weighted by atomic mass is 10.3. The Morgan fingerprint density at radius 2 is 2.55 bits per heavy atom. The predicted molar refractivity (Wildman–Crippen MR) is 45.1 cm³/mol. The smallest absolute Gasteiger partial charge is 0.188 e. The first-order chi connectivity index (χ1) is 5.24. The highest BCUT2D eigenvalue weighted by Gasteiger charge is 2.06. The molecule has 3 nitrogen and oxygen atoms in total. The third-order valence-electron chi connectivity index (χ3n) is 1.24. The van der Waals surface area contributed by atoms with Crippen LogP contribution in [0.25, 0.3) is 0 Å². The fourth-order valence-electron chi connectivity index (χ4n) is 0.743. The Morgan fingerprint density at radius 3 is 3.00 bits per heavy atom. The van der Waals surface area contributed by atoms with Crippen molar-refractivity contribution in [1.29, 1.82) is 0 Å². The standard InChI is InChI=1S/C7H10N2OS/c1-5-3-7(11-9-5)6(10)4-8-2/h3,8H,4H2,1-2H3. The van der Waals surface area contributed by atoms with Gasteiger partial charge in [-0.05, 0) is 31.6 Å². The van der Waals surface area contributed by atoms with E-state index in [-0.39, 0.29) is 5.78 Å². The zero-order valence-corrected chi connectivity index (χ0v) is 7.36. The molecule has 1 aromatic heterocycles. The number of hydrogen-bond donors (Lipinski definition) is 1. The topological polar surface area (TPSA) is 42.0 Å². The second kappa shape index (κ2) is 3.59. The van der Waals surface area contributed by atoms with Crippen molar-refractivity contribution >= 4 is 17.3 Å². The lowest BCUT2D eigenvalue weighted by Crippen LogP contribution is -2.17. The van der Waals surface area contributed by atoms with Crippen LogP contribution in [0.15, 0.2) is 6.07 Å². The van der Waals surface area contributed by atoms with E-state index in [1.165, 1.54) is 11.5 Å². The highest BCUT2D eigenvalue weighted by atomic mass is 32.1. The first-order valence-corrected chi connectivity index (χ1v) is 4.12. The minimum Gasteiger partial charge on any atom is -0.313 e. The molecule has 60 valence electrons. The quantitative estimate of drug-likeness (QED) is 0.684. The highest BCUT2D eigenvalue weighted by molar-refractivity contribution is 7.08. The van der Waals surface area contributed by atoms with Crippen molar-refractivity contribution in [3.05, 3.63) is 16.6 Å². The van der Waals surface area contributed by atoms with Gasteiger partial charge in [0.2, 0.25) is 0 Å². The van der Waals surface area contributed by atoms with Crippen molar-refractivity contribution in [2.75, 3.05) is 13.6 Å². The number of nitrogens with one attached hydrogen (secondary N) is 1. The Balaban J connectivity index is 2.69. The van der Waals surface area contributed by atoms with Crippen molar-refractivity contribution in [2.45, 2.75) is 6.92 Å². The van der Waals surface area contributed by atoms with Crippen LogP contribution in [-0.4, -0.2) is 23.7 Å². The molecule has 0 atom stereocenters. The van der Waals surface area contributed by atoms with Gasteiger partial charge in [-0.25, -0.2) is 0 Å². The minimum atomic E-state index is 0.109. The summed E-state index contributed by atoms with van der Waals surface area (Å²) < 4.78 is 4.01. The van der Waals surface area contributed by atoms with E-state index < -0.39 is 0 Å². The van der Waals surface area contributed by atoms with E-state index >= 15 is 0 Å². The molecule has 0 aliphatic heterocycles. The number of likely N-dealkylation sites (N-methyl/N-ethyl adjacent to an activating group) is 1. The van der Waals surface area contributed by atoms with Gasteiger partial charge in [-0.3, -0.25) is 4.79 Å². The Kier molecular flexibility index (Phi) is 2.73. The van der Waals surface area contributed by atoms with E-state index in [4.69, 9.17) is 0 Å². The summed E-state index contributed by atoms with van der Waals surface area (Å²) >= 11 is 1.26. The molecule has 0 saturated carbocycles. The van der Waals surface area contributed by atoms with Gasteiger partial charge in [0.1, 0.15) is 0 Å².